The van der Waals surface area contributed by atoms with E-state index in [9.17, 15) is 14.8 Å². The molecule has 0 atom stereocenters. The van der Waals surface area contributed by atoms with E-state index in [2.05, 4.69) is 5.11 Å². The van der Waals surface area contributed by atoms with Crippen LogP contribution in [0.2, 0.25) is 0 Å². The summed E-state index contributed by atoms with van der Waals surface area (Å²) in [5.74, 6) is -0.640. The predicted molar refractivity (Wildman–Crippen MR) is 53.2 cm³/mol. The van der Waals surface area contributed by atoms with E-state index in [1.807, 2.05) is 0 Å². The van der Waals surface area contributed by atoms with Crippen LogP contribution in [0, 0.1) is 5.21 Å². The Kier molecular flexibility index (Phi) is 5.29. The van der Waals surface area contributed by atoms with Gasteiger partial charge in [-0.05, 0) is 5.11 Å². The summed E-state index contributed by atoms with van der Waals surface area (Å²) in [5.41, 5.74) is 0. The van der Waals surface area contributed by atoms with E-state index >= 15 is 0 Å². The molecule has 0 rings (SSSR count). The fraction of sp³-hybridized carbons (Fsp3) is 0.750. The van der Waals surface area contributed by atoms with Crippen LogP contribution in [-0.4, -0.2) is 67.8 Å². The zero-order valence-electron chi connectivity index (χ0n) is 9.43. The van der Waals surface area contributed by atoms with E-state index in [0.29, 0.717) is 0 Å². The number of amides is 2. The van der Waals surface area contributed by atoms with Crippen molar-refractivity contribution in [1.29, 1.82) is 0 Å². The molecule has 0 spiro atoms. The van der Waals surface area contributed by atoms with Crippen molar-refractivity contribution in [3.63, 3.8) is 0 Å². The molecule has 2 amide bonds. The smallest absolute Gasteiger partial charge is 0.291 e. The summed E-state index contributed by atoms with van der Waals surface area (Å²) in [4.78, 5) is 24.9. The number of carbonyl (C=O) groups excluding carboxylic acids is 2. The van der Waals surface area contributed by atoms with Crippen molar-refractivity contribution in [2.75, 3.05) is 41.3 Å². The lowest BCUT2D eigenvalue weighted by Crippen LogP contribution is -2.30. The quantitative estimate of drug-likeness (QED) is 0.348. The maximum Gasteiger partial charge on any atom is 0.291 e. The van der Waals surface area contributed by atoms with Gasteiger partial charge in [-0.3, -0.25) is 9.59 Å². The first-order valence-electron chi connectivity index (χ1n) is 4.37. The van der Waals surface area contributed by atoms with E-state index in [1.54, 1.807) is 28.2 Å². The molecule has 0 N–H and O–H groups in total. The molecule has 0 aromatic carbocycles. The lowest BCUT2D eigenvalue weighted by atomic mass is 10.5. The van der Waals surface area contributed by atoms with Crippen LogP contribution in [0.15, 0.2) is 5.11 Å². The number of hydrogen-bond donors (Lipinski definition) is 0. The molecule has 0 unspecified atom stereocenters. The van der Waals surface area contributed by atoms with Crippen molar-refractivity contribution >= 4 is 11.8 Å². The van der Waals surface area contributed by atoms with Gasteiger partial charge in [0.2, 0.25) is 5.91 Å². The second-order valence-corrected chi connectivity index (χ2v) is 3.39. The van der Waals surface area contributed by atoms with E-state index in [-0.39, 0.29) is 29.8 Å². The van der Waals surface area contributed by atoms with Crippen LogP contribution < -0.4 is 0 Å². The molecule has 7 nitrogen and oxygen atoms in total. The molecule has 0 saturated carbocycles. The molecule has 0 fully saturated rings. The highest BCUT2D eigenvalue weighted by Gasteiger charge is 2.11. The average Bonchev–Trinajstić information content (AvgIpc) is 2.13. The summed E-state index contributed by atoms with van der Waals surface area (Å²) in [6.07, 6.45) is 0. The van der Waals surface area contributed by atoms with Crippen LogP contribution in [0.25, 0.3) is 0 Å². The number of hydroxylamine groups is 1. The monoisotopic (exact) mass is 216 g/mol. The minimum Gasteiger partial charge on any atom is -0.600 e. The van der Waals surface area contributed by atoms with Crippen LogP contribution in [-0.2, 0) is 9.59 Å². The third-order valence-corrected chi connectivity index (χ3v) is 1.63. The van der Waals surface area contributed by atoms with Crippen LogP contribution >= 0.6 is 0 Å². The fourth-order valence-corrected chi connectivity index (χ4v) is 0.588. The first-order chi connectivity index (χ1) is 6.84. The SMILES string of the molecule is CN(C)C(=O)CN=[N+]([O-])CC(=O)N(C)C. The van der Waals surface area contributed by atoms with Crippen molar-refractivity contribution < 1.29 is 14.4 Å². The third kappa shape index (κ3) is 5.61. The van der Waals surface area contributed by atoms with Gasteiger partial charge in [0.15, 0.2) is 6.54 Å². The topological polar surface area (TPSA) is 79.0 Å². The lowest BCUT2D eigenvalue weighted by molar-refractivity contribution is -0.519. The minimum absolute atomic E-state index is 0.226. The standard InChI is InChI=1S/C8H16N4O3/c1-10(2)7(13)5-9-12(15)6-8(14)11(3)4/h5-6H2,1-4H3. The zero-order valence-corrected chi connectivity index (χ0v) is 9.43. The van der Waals surface area contributed by atoms with Crippen LogP contribution in [0.4, 0.5) is 0 Å². The van der Waals surface area contributed by atoms with Crippen LogP contribution in [0.3, 0.4) is 0 Å². The molecule has 15 heavy (non-hydrogen) atoms. The second kappa shape index (κ2) is 5.94. The molecule has 0 heterocycles. The number of carbonyl (C=O) groups is 2. The summed E-state index contributed by atoms with van der Waals surface area (Å²) in [6.45, 7) is -0.606. The van der Waals surface area contributed by atoms with E-state index in [0.717, 1.165) is 0 Å². The largest absolute Gasteiger partial charge is 0.600 e. The number of hydrogen-bond acceptors (Lipinski definition) is 4. The van der Waals surface area contributed by atoms with Crippen molar-refractivity contribution in [1.82, 2.24) is 9.80 Å². The first kappa shape index (κ1) is 13.3. The molecule has 0 aromatic heterocycles. The minimum atomic E-state index is -0.367. The van der Waals surface area contributed by atoms with E-state index in [1.165, 1.54) is 9.80 Å². The number of rotatable bonds is 4. The molecule has 0 bridgehead atoms. The second-order valence-electron chi connectivity index (χ2n) is 3.39. The highest BCUT2D eigenvalue weighted by Crippen LogP contribution is 1.85. The van der Waals surface area contributed by atoms with Crippen LogP contribution in [0.5, 0.6) is 0 Å². The summed E-state index contributed by atoms with van der Waals surface area (Å²) in [5, 5.41) is 14.4. The molecule has 0 aliphatic carbocycles. The maximum absolute atomic E-state index is 11.1. The summed E-state index contributed by atoms with van der Waals surface area (Å²) < 4.78 is 0. The highest BCUT2D eigenvalue weighted by atomic mass is 16.5. The molecular weight excluding hydrogens is 200 g/mol. The van der Waals surface area contributed by atoms with Gasteiger partial charge >= 0.3 is 0 Å². The molecule has 0 saturated heterocycles. The van der Waals surface area contributed by atoms with Gasteiger partial charge in [0.25, 0.3) is 12.5 Å². The Labute approximate surface area is 88.5 Å². The first-order valence-corrected chi connectivity index (χ1v) is 4.37. The molecular formula is C8H16N4O3. The molecule has 86 valence electrons. The Morgan fingerprint density at radius 3 is 2.00 bits per heavy atom. The Hall–Kier alpha value is -1.66. The molecule has 0 aliphatic rings. The third-order valence-electron chi connectivity index (χ3n) is 1.63. The Balaban J connectivity index is 4.11. The molecule has 0 aromatic rings. The zero-order chi connectivity index (χ0) is 12.0. The van der Waals surface area contributed by atoms with Gasteiger partial charge in [0, 0.05) is 28.2 Å². The van der Waals surface area contributed by atoms with Gasteiger partial charge < -0.3 is 15.0 Å². The maximum atomic E-state index is 11.1. The highest BCUT2D eigenvalue weighted by molar-refractivity contribution is 5.77. The van der Waals surface area contributed by atoms with Gasteiger partial charge in [-0.15, -0.1) is 0 Å². The van der Waals surface area contributed by atoms with Gasteiger partial charge in [0.05, 0.1) is 0 Å². The fourth-order valence-electron chi connectivity index (χ4n) is 0.588. The average molecular weight is 216 g/mol. The van der Waals surface area contributed by atoms with Gasteiger partial charge in [-0.1, -0.05) is 4.86 Å². The van der Waals surface area contributed by atoms with Gasteiger partial charge in [0.1, 0.15) is 0 Å². The molecule has 0 aliphatic heterocycles. The summed E-state index contributed by atoms with van der Waals surface area (Å²) >= 11 is 0. The van der Waals surface area contributed by atoms with Gasteiger partial charge in [-0.2, -0.15) is 0 Å². The van der Waals surface area contributed by atoms with E-state index in [4.69, 9.17) is 0 Å². The Morgan fingerprint density at radius 1 is 1.13 bits per heavy atom. The Bertz CT molecular complexity index is 273. The van der Waals surface area contributed by atoms with Crippen molar-refractivity contribution in [2.24, 2.45) is 5.11 Å². The predicted octanol–water partition coefficient (Wildman–Crippen LogP) is -0.875. The van der Waals surface area contributed by atoms with Crippen molar-refractivity contribution in [3.05, 3.63) is 5.21 Å². The van der Waals surface area contributed by atoms with Gasteiger partial charge in [-0.25, -0.2) is 0 Å². The summed E-state index contributed by atoms with van der Waals surface area (Å²) in [6, 6.07) is 0. The molecule has 0 radical (unpaired) electrons. The van der Waals surface area contributed by atoms with Crippen molar-refractivity contribution in [3.8, 4) is 0 Å². The summed E-state index contributed by atoms with van der Waals surface area (Å²) in [7, 11) is 6.22. The number of azo groups is 1. The Morgan fingerprint density at radius 2 is 1.60 bits per heavy atom. The number of likely N-dealkylation sites (N-methyl/N-ethyl adjacent to an activating group) is 2. The normalized spacial score (nSPS) is 11.1. The molecule has 7 heteroatoms. The van der Waals surface area contributed by atoms with E-state index < -0.39 is 0 Å². The lowest BCUT2D eigenvalue weighted by Gasteiger charge is -2.09. The van der Waals surface area contributed by atoms with Crippen molar-refractivity contribution in [2.45, 2.75) is 0 Å². The van der Waals surface area contributed by atoms with Crippen LogP contribution in [0.1, 0.15) is 0 Å². The number of nitrogens with zero attached hydrogens (tertiary/aromatic N) is 4.